The van der Waals surface area contributed by atoms with Gasteiger partial charge in [-0.1, -0.05) is 48.5 Å². The minimum atomic E-state index is -0.461. The normalized spacial score (nSPS) is 11.4. The average Bonchev–Trinajstić information content (AvgIpc) is 2.73. The third-order valence-corrected chi connectivity index (χ3v) is 4.24. The van der Waals surface area contributed by atoms with E-state index in [0.717, 1.165) is 11.1 Å². The molecule has 1 aromatic heterocycles. The van der Waals surface area contributed by atoms with E-state index in [1.54, 1.807) is 24.3 Å². The van der Waals surface area contributed by atoms with Crippen LogP contribution in [0, 0.1) is 6.92 Å². The number of carbonyl (C=O) groups is 2. The predicted molar refractivity (Wildman–Crippen MR) is 106 cm³/mol. The molecule has 28 heavy (non-hydrogen) atoms. The number of nitrogens with zero attached hydrogens (tertiary/aromatic N) is 1. The quantitative estimate of drug-likeness (QED) is 0.668. The third-order valence-electron chi connectivity index (χ3n) is 4.24. The van der Waals surface area contributed by atoms with Gasteiger partial charge in [0.2, 0.25) is 5.88 Å². The van der Waals surface area contributed by atoms with Crippen molar-refractivity contribution < 1.29 is 14.3 Å². The van der Waals surface area contributed by atoms with E-state index in [4.69, 9.17) is 4.74 Å². The van der Waals surface area contributed by atoms with Gasteiger partial charge in [-0.3, -0.25) is 20.4 Å². The lowest BCUT2D eigenvalue weighted by molar-refractivity contribution is 0.0846. The van der Waals surface area contributed by atoms with Gasteiger partial charge in [-0.15, -0.1) is 0 Å². The van der Waals surface area contributed by atoms with Gasteiger partial charge in [0.15, 0.2) is 0 Å². The number of pyridine rings is 1. The van der Waals surface area contributed by atoms with Gasteiger partial charge >= 0.3 is 0 Å². The molecule has 0 aliphatic rings. The summed E-state index contributed by atoms with van der Waals surface area (Å²) in [5.41, 5.74) is 7.47. The first-order chi connectivity index (χ1) is 13.5. The van der Waals surface area contributed by atoms with E-state index >= 15 is 0 Å². The van der Waals surface area contributed by atoms with Gasteiger partial charge in [0.05, 0.1) is 5.56 Å². The third kappa shape index (κ3) is 4.73. The predicted octanol–water partition coefficient (Wildman–Crippen LogP) is 3.60. The molecule has 0 saturated carbocycles. The fourth-order valence-electron chi connectivity index (χ4n) is 2.64. The van der Waals surface area contributed by atoms with Gasteiger partial charge in [-0.25, -0.2) is 4.98 Å². The monoisotopic (exact) mass is 375 g/mol. The first-order valence-corrected chi connectivity index (χ1v) is 8.88. The molecule has 3 rings (SSSR count). The van der Waals surface area contributed by atoms with Crippen molar-refractivity contribution >= 4 is 11.8 Å². The molecule has 0 radical (unpaired) electrons. The summed E-state index contributed by atoms with van der Waals surface area (Å²) in [5, 5.41) is 0. The van der Waals surface area contributed by atoms with Crippen molar-refractivity contribution in [2.24, 2.45) is 0 Å². The van der Waals surface area contributed by atoms with Crippen LogP contribution in [0.3, 0.4) is 0 Å². The van der Waals surface area contributed by atoms with Crippen LogP contribution in [-0.4, -0.2) is 16.8 Å². The summed E-state index contributed by atoms with van der Waals surface area (Å²) in [5.74, 6) is -0.426. The lowest BCUT2D eigenvalue weighted by Crippen LogP contribution is -2.41. The number of carbonyl (C=O) groups excluding carboxylic acids is 2. The van der Waals surface area contributed by atoms with E-state index in [1.807, 2.05) is 56.3 Å². The van der Waals surface area contributed by atoms with E-state index in [-0.39, 0.29) is 12.0 Å². The van der Waals surface area contributed by atoms with Crippen LogP contribution in [0.1, 0.15) is 44.9 Å². The number of hydrogen-bond acceptors (Lipinski definition) is 4. The molecule has 0 spiro atoms. The molecule has 2 aromatic carbocycles. The Morgan fingerprint density at radius 2 is 1.57 bits per heavy atom. The number of rotatable bonds is 5. The molecule has 0 aliphatic heterocycles. The van der Waals surface area contributed by atoms with Crippen molar-refractivity contribution in [2.75, 3.05) is 0 Å². The number of hydrazine groups is 1. The fraction of sp³-hybridized carbons (Fsp3) is 0.136. The lowest BCUT2D eigenvalue weighted by atomic mass is 10.1. The minimum Gasteiger partial charge on any atom is -0.470 e. The minimum absolute atomic E-state index is 0.165. The number of benzene rings is 2. The molecule has 1 heterocycles. The summed E-state index contributed by atoms with van der Waals surface area (Å²) in [6, 6.07) is 20.1. The molecule has 0 fully saturated rings. The van der Waals surface area contributed by atoms with Crippen LogP contribution in [0.5, 0.6) is 5.88 Å². The van der Waals surface area contributed by atoms with E-state index in [0.29, 0.717) is 17.0 Å². The lowest BCUT2D eigenvalue weighted by Gasteiger charge is -2.14. The van der Waals surface area contributed by atoms with Crippen LogP contribution in [-0.2, 0) is 0 Å². The average molecular weight is 375 g/mol. The fourth-order valence-corrected chi connectivity index (χ4v) is 2.64. The summed E-state index contributed by atoms with van der Waals surface area (Å²) < 4.78 is 5.79. The second kappa shape index (κ2) is 8.81. The Morgan fingerprint density at radius 1 is 0.893 bits per heavy atom. The van der Waals surface area contributed by atoms with Crippen LogP contribution in [0.25, 0.3) is 0 Å². The van der Waals surface area contributed by atoms with Crippen molar-refractivity contribution in [3.63, 3.8) is 0 Å². The summed E-state index contributed by atoms with van der Waals surface area (Å²) >= 11 is 0. The standard InChI is InChI=1S/C22H21N3O3/c1-15-8-6-7-11-19(15)22(27)25-24-21(26)18-12-13-20(23-14-18)28-16(2)17-9-4-3-5-10-17/h3-14,16H,1-2H3,(H,24,26)(H,25,27). The topological polar surface area (TPSA) is 80.3 Å². The number of nitrogens with one attached hydrogen (secondary N) is 2. The van der Waals surface area contributed by atoms with Crippen LogP contribution in [0.4, 0.5) is 0 Å². The highest BCUT2D eigenvalue weighted by atomic mass is 16.5. The zero-order valence-electron chi connectivity index (χ0n) is 15.7. The highest BCUT2D eigenvalue weighted by Gasteiger charge is 2.12. The molecule has 2 amide bonds. The van der Waals surface area contributed by atoms with E-state index in [1.165, 1.54) is 6.20 Å². The molecule has 6 heteroatoms. The number of ether oxygens (including phenoxy) is 1. The number of aromatic nitrogens is 1. The molecule has 3 aromatic rings. The smallest absolute Gasteiger partial charge is 0.271 e. The van der Waals surface area contributed by atoms with Crippen LogP contribution in [0.15, 0.2) is 72.9 Å². The maximum atomic E-state index is 12.2. The summed E-state index contributed by atoms with van der Waals surface area (Å²) in [6.07, 6.45) is 1.24. The number of amides is 2. The van der Waals surface area contributed by atoms with Gasteiger partial charge < -0.3 is 4.74 Å². The van der Waals surface area contributed by atoms with Gasteiger partial charge in [-0.05, 0) is 37.1 Å². The summed E-state index contributed by atoms with van der Waals surface area (Å²) in [7, 11) is 0. The Balaban J connectivity index is 1.56. The Kier molecular flexibility index (Phi) is 6.01. The Morgan fingerprint density at radius 3 is 2.25 bits per heavy atom. The first-order valence-electron chi connectivity index (χ1n) is 8.88. The molecular weight excluding hydrogens is 354 g/mol. The Hall–Kier alpha value is -3.67. The number of hydrogen-bond donors (Lipinski definition) is 2. The van der Waals surface area contributed by atoms with Crippen LogP contribution >= 0.6 is 0 Å². The van der Waals surface area contributed by atoms with Gasteiger partial charge in [0.1, 0.15) is 6.10 Å². The molecule has 6 nitrogen and oxygen atoms in total. The highest BCUT2D eigenvalue weighted by molar-refractivity contribution is 5.99. The molecule has 0 bridgehead atoms. The SMILES string of the molecule is Cc1ccccc1C(=O)NNC(=O)c1ccc(OC(C)c2ccccc2)nc1. The molecule has 1 unspecified atom stereocenters. The maximum absolute atomic E-state index is 12.2. The van der Waals surface area contributed by atoms with Gasteiger partial charge in [-0.2, -0.15) is 0 Å². The molecule has 0 aliphatic carbocycles. The Labute approximate surface area is 163 Å². The molecule has 2 N–H and O–H groups in total. The summed E-state index contributed by atoms with van der Waals surface area (Å²) in [6.45, 7) is 3.76. The van der Waals surface area contributed by atoms with E-state index in [9.17, 15) is 9.59 Å². The van der Waals surface area contributed by atoms with Crippen molar-refractivity contribution in [3.8, 4) is 5.88 Å². The molecular formula is C22H21N3O3. The second-order valence-corrected chi connectivity index (χ2v) is 6.28. The zero-order chi connectivity index (χ0) is 19.9. The van der Waals surface area contributed by atoms with E-state index < -0.39 is 5.91 Å². The van der Waals surface area contributed by atoms with Crippen molar-refractivity contribution in [2.45, 2.75) is 20.0 Å². The van der Waals surface area contributed by atoms with E-state index in [2.05, 4.69) is 15.8 Å². The van der Waals surface area contributed by atoms with Gasteiger partial charge in [0.25, 0.3) is 11.8 Å². The number of aryl methyl sites for hydroxylation is 1. The molecule has 0 saturated heterocycles. The Bertz CT molecular complexity index is 956. The first kappa shape index (κ1) is 19.1. The van der Waals surface area contributed by atoms with Crippen LogP contribution in [0.2, 0.25) is 0 Å². The zero-order valence-corrected chi connectivity index (χ0v) is 15.7. The maximum Gasteiger partial charge on any atom is 0.271 e. The molecule has 142 valence electrons. The van der Waals surface area contributed by atoms with Crippen molar-refractivity contribution in [1.29, 1.82) is 0 Å². The highest BCUT2D eigenvalue weighted by Crippen LogP contribution is 2.19. The largest absolute Gasteiger partial charge is 0.470 e. The van der Waals surface area contributed by atoms with Gasteiger partial charge in [0, 0.05) is 17.8 Å². The van der Waals surface area contributed by atoms with Crippen molar-refractivity contribution in [3.05, 3.63) is 95.2 Å². The van der Waals surface area contributed by atoms with Crippen LogP contribution < -0.4 is 15.6 Å². The summed E-state index contributed by atoms with van der Waals surface area (Å²) in [4.78, 5) is 28.5. The van der Waals surface area contributed by atoms with Crippen molar-refractivity contribution in [1.82, 2.24) is 15.8 Å². The molecule has 1 atom stereocenters. The second-order valence-electron chi connectivity index (χ2n) is 6.28.